The number of hydrogen-bond acceptors (Lipinski definition) is 5. The molecule has 164 valence electrons. The predicted octanol–water partition coefficient (Wildman–Crippen LogP) is 4.27. The first kappa shape index (κ1) is 20.6. The number of carbonyl (C=O) groups excluding carboxylic acids is 2. The summed E-state index contributed by atoms with van der Waals surface area (Å²) in [5, 5.41) is 4.40. The number of benzene rings is 1. The molecule has 4 saturated carbocycles. The van der Waals surface area contributed by atoms with Gasteiger partial charge >= 0.3 is 11.6 Å². The summed E-state index contributed by atoms with van der Waals surface area (Å²) >= 11 is 6.27. The Balaban J connectivity index is 1.41. The molecule has 2 aromatic rings. The van der Waals surface area contributed by atoms with Crippen LogP contribution in [0.15, 0.2) is 27.4 Å². The van der Waals surface area contributed by atoms with E-state index in [-0.39, 0.29) is 24.0 Å². The fraction of sp³-hybridized carbons (Fsp3) is 0.542. The van der Waals surface area contributed by atoms with Gasteiger partial charge in [-0.2, -0.15) is 0 Å². The normalized spacial score (nSPS) is 31.1. The van der Waals surface area contributed by atoms with Crippen LogP contribution in [0.25, 0.3) is 11.0 Å². The number of halogens is 1. The molecular formula is C24H26ClNO5. The number of hydrogen-bond donors (Lipinski definition) is 1. The summed E-state index contributed by atoms with van der Waals surface area (Å²) in [4.78, 5) is 37.3. The van der Waals surface area contributed by atoms with Gasteiger partial charge in [-0.15, -0.1) is 0 Å². The van der Waals surface area contributed by atoms with Crippen molar-refractivity contribution in [2.45, 2.75) is 64.5 Å². The Bertz CT molecular complexity index is 1140. The van der Waals surface area contributed by atoms with E-state index in [0.29, 0.717) is 39.8 Å². The van der Waals surface area contributed by atoms with Crippen molar-refractivity contribution in [3.05, 3.63) is 44.8 Å². The second-order valence-corrected chi connectivity index (χ2v) is 10.4. The van der Waals surface area contributed by atoms with Gasteiger partial charge in [0.05, 0.1) is 5.41 Å². The molecule has 2 atom stereocenters. The second kappa shape index (κ2) is 7.09. The highest BCUT2D eigenvalue weighted by atomic mass is 35.5. The van der Waals surface area contributed by atoms with Crippen LogP contribution in [-0.4, -0.2) is 17.4 Å². The van der Waals surface area contributed by atoms with Gasteiger partial charge in [0.2, 0.25) is 5.91 Å². The van der Waals surface area contributed by atoms with E-state index in [4.69, 9.17) is 20.8 Å². The van der Waals surface area contributed by atoms with Gasteiger partial charge in [0.25, 0.3) is 0 Å². The van der Waals surface area contributed by atoms with Gasteiger partial charge in [-0.25, -0.2) is 4.79 Å². The lowest BCUT2D eigenvalue weighted by Crippen LogP contribution is -2.64. The van der Waals surface area contributed by atoms with Gasteiger partial charge in [0.1, 0.15) is 12.2 Å². The summed E-state index contributed by atoms with van der Waals surface area (Å²) in [5.41, 5.74) is 0.488. The van der Waals surface area contributed by atoms with Crippen LogP contribution >= 0.6 is 11.6 Å². The highest BCUT2D eigenvalue weighted by Crippen LogP contribution is 2.62. The molecule has 1 aromatic heterocycles. The first-order valence-corrected chi connectivity index (χ1v) is 11.2. The minimum absolute atomic E-state index is 0.00938. The number of carbonyl (C=O) groups is 2. The average Bonchev–Trinajstić information content (AvgIpc) is 2.65. The van der Waals surface area contributed by atoms with Crippen LogP contribution in [-0.2, 0) is 20.9 Å². The molecule has 4 bridgehead atoms. The van der Waals surface area contributed by atoms with Crippen LogP contribution in [0, 0.1) is 24.2 Å². The van der Waals surface area contributed by atoms with Crippen molar-refractivity contribution in [1.29, 1.82) is 0 Å². The molecule has 0 aliphatic heterocycles. The third-order valence-corrected chi connectivity index (χ3v) is 7.81. The highest BCUT2D eigenvalue weighted by molar-refractivity contribution is 6.32. The average molecular weight is 444 g/mol. The van der Waals surface area contributed by atoms with Crippen molar-refractivity contribution in [3.8, 4) is 0 Å². The molecule has 31 heavy (non-hydrogen) atoms. The lowest BCUT2D eigenvalue weighted by Gasteiger charge is -2.60. The number of amides is 1. The number of nitrogens with one attached hydrogen (secondary N) is 1. The SMILES string of the molecule is CC(=O)NC12CC3CC(C1)CC(C(=O)OCc1cc(=O)oc4cc(C)c(Cl)cc14)(C3)C2. The van der Waals surface area contributed by atoms with E-state index in [9.17, 15) is 14.4 Å². The molecule has 1 N–H and O–H groups in total. The largest absolute Gasteiger partial charge is 0.460 e. The van der Waals surface area contributed by atoms with Crippen molar-refractivity contribution < 1.29 is 18.7 Å². The summed E-state index contributed by atoms with van der Waals surface area (Å²) in [6.07, 6.45) is 5.27. The van der Waals surface area contributed by atoms with Crippen LogP contribution in [0.4, 0.5) is 0 Å². The van der Waals surface area contributed by atoms with Crippen molar-refractivity contribution in [2.24, 2.45) is 17.3 Å². The molecule has 6 nitrogen and oxygen atoms in total. The van der Waals surface area contributed by atoms with Crippen LogP contribution in [0.3, 0.4) is 0 Å². The Kier molecular flexibility index (Phi) is 4.70. The quantitative estimate of drug-likeness (QED) is 0.563. The van der Waals surface area contributed by atoms with Gasteiger partial charge in [0, 0.05) is 34.5 Å². The zero-order valence-electron chi connectivity index (χ0n) is 17.8. The molecule has 1 aromatic carbocycles. The molecule has 0 radical (unpaired) electrons. The van der Waals surface area contributed by atoms with E-state index in [1.54, 1.807) is 19.1 Å². The Morgan fingerprint density at radius 1 is 1.19 bits per heavy atom. The molecule has 1 heterocycles. The molecular weight excluding hydrogens is 418 g/mol. The van der Waals surface area contributed by atoms with E-state index in [0.717, 1.165) is 37.7 Å². The fourth-order valence-corrected chi connectivity index (χ4v) is 6.95. The number of ether oxygens (including phenoxy) is 1. The Labute approximate surface area is 185 Å². The Morgan fingerprint density at radius 3 is 2.58 bits per heavy atom. The molecule has 0 spiro atoms. The van der Waals surface area contributed by atoms with Crippen LogP contribution < -0.4 is 10.9 Å². The number of rotatable bonds is 4. The van der Waals surface area contributed by atoms with E-state index in [2.05, 4.69) is 5.32 Å². The molecule has 4 fully saturated rings. The number of esters is 1. The smallest absolute Gasteiger partial charge is 0.336 e. The van der Waals surface area contributed by atoms with Crippen molar-refractivity contribution >= 4 is 34.4 Å². The Morgan fingerprint density at radius 2 is 1.90 bits per heavy atom. The lowest BCUT2D eigenvalue weighted by atomic mass is 9.47. The van der Waals surface area contributed by atoms with Crippen LogP contribution in [0.5, 0.6) is 0 Å². The summed E-state index contributed by atoms with van der Waals surface area (Å²) in [6, 6.07) is 4.83. The molecule has 6 rings (SSSR count). The van der Waals surface area contributed by atoms with E-state index < -0.39 is 11.0 Å². The first-order chi connectivity index (χ1) is 14.7. The molecule has 2 unspecified atom stereocenters. The minimum Gasteiger partial charge on any atom is -0.460 e. The zero-order chi connectivity index (χ0) is 22.0. The summed E-state index contributed by atoms with van der Waals surface area (Å²) in [7, 11) is 0. The number of aryl methyl sites for hydroxylation is 1. The molecule has 4 aliphatic rings. The lowest BCUT2D eigenvalue weighted by molar-refractivity contribution is -0.177. The van der Waals surface area contributed by atoms with E-state index in [1.165, 1.54) is 6.07 Å². The van der Waals surface area contributed by atoms with Gasteiger partial charge in [0.15, 0.2) is 0 Å². The van der Waals surface area contributed by atoms with Crippen LogP contribution in [0.1, 0.15) is 56.6 Å². The summed E-state index contributed by atoms with van der Waals surface area (Å²) < 4.78 is 11.1. The van der Waals surface area contributed by atoms with Crippen LogP contribution in [0.2, 0.25) is 5.02 Å². The van der Waals surface area contributed by atoms with Gasteiger partial charge in [-0.05, 0) is 75.0 Å². The van der Waals surface area contributed by atoms with Gasteiger partial charge in [-0.1, -0.05) is 11.6 Å². The van der Waals surface area contributed by atoms with Gasteiger partial charge in [-0.3, -0.25) is 9.59 Å². The van der Waals surface area contributed by atoms with Crippen molar-refractivity contribution in [2.75, 3.05) is 0 Å². The van der Waals surface area contributed by atoms with Crippen molar-refractivity contribution in [1.82, 2.24) is 5.32 Å². The maximum atomic E-state index is 13.4. The summed E-state index contributed by atoms with van der Waals surface area (Å²) in [5.74, 6) is 0.607. The maximum Gasteiger partial charge on any atom is 0.336 e. The topological polar surface area (TPSA) is 85.6 Å². The highest BCUT2D eigenvalue weighted by Gasteiger charge is 2.61. The Hall–Kier alpha value is -2.34. The monoisotopic (exact) mass is 443 g/mol. The van der Waals surface area contributed by atoms with E-state index >= 15 is 0 Å². The fourth-order valence-electron chi connectivity index (χ4n) is 6.79. The minimum atomic E-state index is -0.560. The predicted molar refractivity (Wildman–Crippen MR) is 116 cm³/mol. The van der Waals surface area contributed by atoms with Crippen molar-refractivity contribution in [3.63, 3.8) is 0 Å². The maximum absolute atomic E-state index is 13.4. The standard InChI is InChI=1S/C24H26ClNO5/c1-13-3-20-18(6-19(13)25)17(5-21(28)31-20)11-30-22(29)23-7-15-4-16(8-23)10-24(9-15,12-23)26-14(2)27/h3,5-6,15-16H,4,7-12H2,1-2H3,(H,26,27). The second-order valence-electron chi connectivity index (χ2n) is 9.97. The van der Waals surface area contributed by atoms with E-state index in [1.807, 2.05) is 6.92 Å². The molecule has 4 aliphatic carbocycles. The third kappa shape index (κ3) is 3.55. The molecule has 0 saturated heterocycles. The summed E-state index contributed by atoms with van der Waals surface area (Å²) in [6.45, 7) is 3.37. The molecule has 1 amide bonds. The zero-order valence-corrected chi connectivity index (χ0v) is 18.5. The third-order valence-electron chi connectivity index (χ3n) is 7.40. The first-order valence-electron chi connectivity index (χ1n) is 10.9. The number of fused-ring (bicyclic) bond motifs is 1. The molecule has 7 heteroatoms. The van der Waals surface area contributed by atoms with Gasteiger partial charge < -0.3 is 14.5 Å².